The van der Waals surface area contributed by atoms with Crippen molar-refractivity contribution in [2.75, 3.05) is 0 Å². The molecule has 0 atom stereocenters. The van der Waals surface area contributed by atoms with Crippen LogP contribution < -0.4 is 11.2 Å². The maximum absolute atomic E-state index is 12.1. The first-order valence-corrected chi connectivity index (χ1v) is 7.23. The molecule has 0 fully saturated rings. The molecule has 1 aromatic heterocycles. The Morgan fingerprint density at radius 1 is 1.33 bits per heavy atom. The molecule has 0 aliphatic carbocycles. The van der Waals surface area contributed by atoms with Gasteiger partial charge in [0.1, 0.15) is 0 Å². The standard InChI is InChI=1S/C14H12BrClN2O3/c1-8(19)11-7-18(14(21)17(2)13(11)20)6-9-3-4-10(15)5-12(9)16/h3-5,7H,6H2,1-2H3. The molecular formula is C14H12BrClN2O3. The number of ketones is 1. The van der Waals surface area contributed by atoms with E-state index in [1.165, 1.54) is 24.7 Å². The summed E-state index contributed by atoms with van der Waals surface area (Å²) in [5.41, 5.74) is -0.393. The molecule has 0 bridgehead atoms. The number of benzene rings is 1. The van der Waals surface area contributed by atoms with Crippen molar-refractivity contribution < 1.29 is 4.79 Å². The minimum atomic E-state index is -0.592. The zero-order chi connectivity index (χ0) is 15.7. The molecule has 0 aliphatic rings. The molecule has 1 heterocycles. The van der Waals surface area contributed by atoms with Crippen LogP contribution in [0.1, 0.15) is 22.8 Å². The van der Waals surface area contributed by atoms with Crippen LogP contribution in [0.4, 0.5) is 0 Å². The van der Waals surface area contributed by atoms with Gasteiger partial charge in [-0.05, 0) is 24.6 Å². The molecule has 0 unspecified atom stereocenters. The van der Waals surface area contributed by atoms with E-state index in [1.807, 2.05) is 0 Å². The fourth-order valence-corrected chi connectivity index (χ4v) is 2.65. The summed E-state index contributed by atoms with van der Waals surface area (Å²) < 4.78 is 3.05. The van der Waals surface area contributed by atoms with Gasteiger partial charge in [0, 0.05) is 22.7 Å². The van der Waals surface area contributed by atoms with Crippen LogP contribution in [0.15, 0.2) is 38.5 Å². The Hall–Kier alpha value is -1.66. The minimum Gasteiger partial charge on any atom is -0.295 e. The molecule has 2 rings (SSSR count). The van der Waals surface area contributed by atoms with Crippen LogP contribution in [-0.4, -0.2) is 14.9 Å². The summed E-state index contributed by atoms with van der Waals surface area (Å²) in [6.07, 6.45) is 1.28. The van der Waals surface area contributed by atoms with Gasteiger partial charge in [0.2, 0.25) is 0 Å². The number of nitrogens with zero attached hydrogens (tertiary/aromatic N) is 2. The van der Waals surface area contributed by atoms with Crippen molar-refractivity contribution in [1.82, 2.24) is 9.13 Å². The van der Waals surface area contributed by atoms with Gasteiger partial charge in [-0.2, -0.15) is 0 Å². The van der Waals surface area contributed by atoms with E-state index in [4.69, 9.17) is 11.6 Å². The monoisotopic (exact) mass is 370 g/mol. The second-order valence-electron chi connectivity index (χ2n) is 4.61. The van der Waals surface area contributed by atoms with E-state index in [-0.39, 0.29) is 17.9 Å². The number of aromatic nitrogens is 2. The molecule has 0 N–H and O–H groups in total. The smallest absolute Gasteiger partial charge is 0.295 e. The van der Waals surface area contributed by atoms with Crippen LogP contribution in [0.3, 0.4) is 0 Å². The van der Waals surface area contributed by atoms with Crippen molar-refractivity contribution in [3.05, 3.63) is 65.9 Å². The summed E-state index contributed by atoms with van der Waals surface area (Å²) in [6, 6.07) is 5.30. The van der Waals surface area contributed by atoms with Gasteiger partial charge >= 0.3 is 5.69 Å². The highest BCUT2D eigenvalue weighted by Gasteiger charge is 2.13. The van der Waals surface area contributed by atoms with Gasteiger partial charge in [-0.25, -0.2) is 4.79 Å². The summed E-state index contributed by atoms with van der Waals surface area (Å²) in [7, 11) is 1.34. The Kier molecular flexibility index (Phi) is 4.49. The topological polar surface area (TPSA) is 61.1 Å². The fraction of sp³-hybridized carbons (Fsp3) is 0.214. The molecular weight excluding hydrogens is 360 g/mol. The van der Waals surface area contributed by atoms with Crippen molar-refractivity contribution in [3.63, 3.8) is 0 Å². The van der Waals surface area contributed by atoms with Crippen molar-refractivity contribution in [1.29, 1.82) is 0 Å². The van der Waals surface area contributed by atoms with Crippen LogP contribution in [0.5, 0.6) is 0 Å². The summed E-state index contributed by atoms with van der Waals surface area (Å²) in [5, 5.41) is 0.495. The predicted octanol–water partition coefficient (Wildman–Crippen LogP) is 2.21. The first-order valence-electron chi connectivity index (χ1n) is 6.06. The number of halogens is 2. The summed E-state index contributed by atoms with van der Waals surface area (Å²) in [6.45, 7) is 1.47. The average molecular weight is 372 g/mol. The number of carbonyl (C=O) groups is 1. The highest BCUT2D eigenvalue weighted by atomic mass is 79.9. The van der Waals surface area contributed by atoms with Crippen LogP contribution in [0.2, 0.25) is 5.02 Å². The van der Waals surface area contributed by atoms with Crippen molar-refractivity contribution >= 4 is 33.3 Å². The second-order valence-corrected chi connectivity index (χ2v) is 5.93. The van der Waals surface area contributed by atoms with E-state index in [0.717, 1.165) is 14.6 Å². The average Bonchev–Trinajstić information content (AvgIpc) is 2.41. The Morgan fingerprint density at radius 3 is 2.57 bits per heavy atom. The van der Waals surface area contributed by atoms with Gasteiger partial charge in [-0.1, -0.05) is 33.6 Å². The normalized spacial score (nSPS) is 10.7. The molecule has 110 valence electrons. The zero-order valence-corrected chi connectivity index (χ0v) is 13.7. The zero-order valence-electron chi connectivity index (χ0n) is 11.4. The Bertz CT molecular complexity index is 839. The second kappa shape index (κ2) is 5.99. The van der Waals surface area contributed by atoms with Gasteiger partial charge in [0.25, 0.3) is 5.56 Å². The number of rotatable bonds is 3. The lowest BCUT2D eigenvalue weighted by atomic mass is 10.2. The van der Waals surface area contributed by atoms with Crippen molar-refractivity contribution in [2.24, 2.45) is 7.05 Å². The van der Waals surface area contributed by atoms with Gasteiger partial charge < -0.3 is 0 Å². The lowest BCUT2D eigenvalue weighted by molar-refractivity contribution is 0.101. The molecule has 5 nitrogen and oxygen atoms in total. The Labute approximate surface area is 133 Å². The predicted molar refractivity (Wildman–Crippen MR) is 84.2 cm³/mol. The first-order chi connectivity index (χ1) is 9.81. The number of hydrogen-bond acceptors (Lipinski definition) is 3. The summed E-state index contributed by atoms with van der Waals surface area (Å²) in [5.74, 6) is -0.383. The summed E-state index contributed by atoms with van der Waals surface area (Å²) >= 11 is 9.43. The van der Waals surface area contributed by atoms with Gasteiger partial charge in [-0.3, -0.25) is 18.7 Å². The third-order valence-electron chi connectivity index (χ3n) is 3.09. The first kappa shape index (κ1) is 15.7. The fourth-order valence-electron chi connectivity index (χ4n) is 1.91. The van der Waals surface area contributed by atoms with E-state index in [2.05, 4.69) is 15.9 Å². The molecule has 2 aromatic rings. The molecule has 7 heteroatoms. The van der Waals surface area contributed by atoms with Crippen molar-refractivity contribution in [2.45, 2.75) is 13.5 Å². The minimum absolute atomic E-state index is 0.0228. The molecule has 1 aromatic carbocycles. The molecule has 0 saturated heterocycles. The summed E-state index contributed by atoms with van der Waals surface area (Å²) in [4.78, 5) is 35.4. The van der Waals surface area contributed by atoms with Gasteiger partial charge in [-0.15, -0.1) is 0 Å². The lowest BCUT2D eigenvalue weighted by Crippen LogP contribution is -2.40. The maximum Gasteiger partial charge on any atom is 0.331 e. The third-order valence-corrected chi connectivity index (χ3v) is 3.93. The van der Waals surface area contributed by atoms with E-state index < -0.39 is 11.2 Å². The van der Waals surface area contributed by atoms with E-state index >= 15 is 0 Å². The van der Waals surface area contributed by atoms with Crippen molar-refractivity contribution in [3.8, 4) is 0 Å². The molecule has 0 saturated carbocycles. The lowest BCUT2D eigenvalue weighted by Gasteiger charge is -2.11. The van der Waals surface area contributed by atoms with E-state index in [9.17, 15) is 14.4 Å². The van der Waals surface area contributed by atoms with Gasteiger partial charge in [0.15, 0.2) is 5.78 Å². The van der Waals surface area contributed by atoms with Crippen LogP contribution >= 0.6 is 27.5 Å². The molecule has 0 aliphatic heterocycles. The van der Waals surface area contributed by atoms with E-state index in [1.54, 1.807) is 18.2 Å². The molecule has 21 heavy (non-hydrogen) atoms. The van der Waals surface area contributed by atoms with E-state index in [0.29, 0.717) is 5.02 Å². The molecule has 0 amide bonds. The van der Waals surface area contributed by atoms with Crippen LogP contribution in [0, 0.1) is 0 Å². The Morgan fingerprint density at radius 2 is 2.00 bits per heavy atom. The largest absolute Gasteiger partial charge is 0.331 e. The van der Waals surface area contributed by atoms with Gasteiger partial charge in [0.05, 0.1) is 12.1 Å². The number of Topliss-reactive ketones (excluding diaryl/α,β-unsaturated/α-hetero) is 1. The van der Waals surface area contributed by atoms with Crippen LogP contribution in [-0.2, 0) is 13.6 Å². The highest BCUT2D eigenvalue weighted by molar-refractivity contribution is 9.10. The third kappa shape index (κ3) is 3.16. The molecule has 0 spiro atoms. The quantitative estimate of drug-likeness (QED) is 0.777. The number of carbonyl (C=O) groups excluding carboxylic acids is 1. The Balaban J connectivity index is 2.57. The van der Waals surface area contributed by atoms with Crippen LogP contribution in [0.25, 0.3) is 0 Å². The maximum atomic E-state index is 12.1. The SMILES string of the molecule is CC(=O)c1cn(Cc2ccc(Br)cc2Cl)c(=O)n(C)c1=O. The molecule has 0 radical (unpaired) electrons. The highest BCUT2D eigenvalue weighted by Crippen LogP contribution is 2.21. The number of hydrogen-bond donors (Lipinski definition) is 0.